The molecule has 3 aromatic carbocycles. The summed E-state index contributed by atoms with van der Waals surface area (Å²) in [5, 5.41) is 2.17. The Hall–Kier alpha value is -2.82. The van der Waals surface area contributed by atoms with Crippen LogP contribution in [0.2, 0.25) is 0 Å². The van der Waals surface area contributed by atoms with E-state index in [1.807, 2.05) is 36.7 Å². The number of rotatable bonds is 2. The lowest BCUT2D eigenvalue weighted by Gasteiger charge is -2.08. The number of benzene rings is 3. The van der Waals surface area contributed by atoms with Gasteiger partial charge in [0.2, 0.25) is 0 Å². The molecule has 0 aliphatic carbocycles. The summed E-state index contributed by atoms with van der Waals surface area (Å²) < 4.78 is 0. The molecule has 4 heteroatoms. The van der Waals surface area contributed by atoms with Crippen molar-refractivity contribution < 1.29 is 0 Å². The van der Waals surface area contributed by atoms with Gasteiger partial charge in [-0.05, 0) is 47.5 Å². The van der Waals surface area contributed by atoms with Crippen molar-refractivity contribution in [3.63, 3.8) is 0 Å². The highest BCUT2D eigenvalue weighted by Crippen LogP contribution is 2.30. The van der Waals surface area contributed by atoms with Crippen LogP contribution >= 0.6 is 25.3 Å². The van der Waals surface area contributed by atoms with Gasteiger partial charge in [-0.1, -0.05) is 36.4 Å². The van der Waals surface area contributed by atoms with E-state index in [2.05, 4.69) is 73.8 Å². The average molecular weight is 397 g/mol. The van der Waals surface area contributed by atoms with Crippen LogP contribution in [0.5, 0.6) is 0 Å². The lowest BCUT2D eigenvalue weighted by atomic mass is 10.0. The second-order valence-corrected chi connectivity index (χ2v) is 7.78. The van der Waals surface area contributed by atoms with Crippen LogP contribution in [0.4, 0.5) is 0 Å². The molecule has 0 saturated heterocycles. The van der Waals surface area contributed by atoms with Crippen molar-refractivity contribution >= 4 is 47.1 Å². The molecular weight excluding hydrogens is 380 g/mol. The van der Waals surface area contributed by atoms with Crippen molar-refractivity contribution in [3.8, 4) is 22.3 Å². The molecule has 2 nitrogen and oxygen atoms in total. The van der Waals surface area contributed by atoms with Gasteiger partial charge in [-0.15, -0.1) is 25.3 Å². The highest BCUT2D eigenvalue weighted by molar-refractivity contribution is 7.80. The van der Waals surface area contributed by atoms with Crippen LogP contribution in [-0.4, -0.2) is 9.97 Å². The monoisotopic (exact) mass is 396 g/mol. The number of hydrogen-bond acceptors (Lipinski definition) is 4. The zero-order valence-electron chi connectivity index (χ0n) is 14.9. The van der Waals surface area contributed by atoms with Crippen molar-refractivity contribution in [1.82, 2.24) is 9.97 Å². The van der Waals surface area contributed by atoms with Crippen LogP contribution in [0.1, 0.15) is 0 Å². The Balaban J connectivity index is 1.61. The summed E-state index contributed by atoms with van der Waals surface area (Å²) in [6.07, 6.45) is 3.83. The lowest BCUT2D eigenvalue weighted by Crippen LogP contribution is -1.88. The number of fused-ring (bicyclic) bond motifs is 3. The molecule has 0 fully saturated rings. The number of nitrogens with zero attached hydrogens (tertiary/aromatic N) is 2. The van der Waals surface area contributed by atoms with Gasteiger partial charge in [-0.2, -0.15) is 0 Å². The predicted octanol–water partition coefficient (Wildman–Crippen LogP) is 6.69. The molecule has 0 aliphatic rings. The molecule has 0 atom stereocenters. The molecule has 0 unspecified atom stereocenters. The molecule has 134 valence electrons. The minimum Gasteiger partial charge on any atom is -0.253 e. The lowest BCUT2D eigenvalue weighted by molar-refractivity contribution is 1.36. The van der Waals surface area contributed by atoms with E-state index in [0.29, 0.717) is 0 Å². The van der Waals surface area contributed by atoms with E-state index in [1.54, 1.807) is 0 Å². The first-order valence-corrected chi connectivity index (χ1v) is 9.84. The van der Waals surface area contributed by atoms with E-state index in [0.717, 1.165) is 53.9 Å². The Bertz CT molecular complexity index is 1210. The summed E-state index contributed by atoms with van der Waals surface area (Å²) in [5.41, 5.74) is 6.27. The Morgan fingerprint density at radius 3 is 1.25 bits per heavy atom. The molecule has 2 aromatic heterocycles. The summed E-state index contributed by atoms with van der Waals surface area (Å²) in [4.78, 5) is 11.4. The fourth-order valence-electron chi connectivity index (χ4n) is 3.42. The zero-order chi connectivity index (χ0) is 19.1. The quantitative estimate of drug-likeness (QED) is 0.257. The van der Waals surface area contributed by atoms with Crippen molar-refractivity contribution in [1.29, 1.82) is 0 Å². The van der Waals surface area contributed by atoms with Gasteiger partial charge in [0.1, 0.15) is 0 Å². The maximum Gasteiger partial charge on any atom is 0.0965 e. The van der Waals surface area contributed by atoms with Crippen molar-refractivity contribution in [2.75, 3.05) is 0 Å². The molecule has 0 saturated carbocycles. The minimum atomic E-state index is 0.921. The van der Waals surface area contributed by atoms with E-state index in [4.69, 9.17) is 9.97 Å². The topological polar surface area (TPSA) is 25.8 Å². The highest BCUT2D eigenvalue weighted by Gasteiger charge is 2.08. The number of thiol groups is 2. The second kappa shape index (κ2) is 6.97. The molecule has 2 heterocycles. The molecule has 0 amide bonds. The second-order valence-electron chi connectivity index (χ2n) is 6.75. The van der Waals surface area contributed by atoms with E-state index < -0.39 is 0 Å². The normalized spacial score (nSPS) is 11.2. The molecule has 5 rings (SSSR count). The largest absolute Gasteiger partial charge is 0.253 e. The first kappa shape index (κ1) is 17.3. The predicted molar refractivity (Wildman–Crippen MR) is 122 cm³/mol. The minimum absolute atomic E-state index is 0.921. The molecule has 28 heavy (non-hydrogen) atoms. The highest BCUT2D eigenvalue weighted by atomic mass is 32.1. The third kappa shape index (κ3) is 3.15. The third-order valence-corrected chi connectivity index (χ3v) is 5.50. The van der Waals surface area contributed by atoms with Crippen molar-refractivity contribution in [2.24, 2.45) is 0 Å². The number of pyridine rings is 2. The van der Waals surface area contributed by atoms with Gasteiger partial charge in [0.15, 0.2) is 0 Å². The van der Waals surface area contributed by atoms with E-state index in [9.17, 15) is 0 Å². The number of hydrogen-bond donors (Lipinski definition) is 2. The standard InChI is InChI=1S/C24H16N2S2/c27-21-7-3-15(4-8-21)19-11-17-1-2-18-12-20(16-5-9-22(28)10-6-16)14-26-24(18)23(17)25-13-19/h1-14,27-28H. The summed E-state index contributed by atoms with van der Waals surface area (Å²) >= 11 is 8.71. The fourth-order valence-corrected chi connectivity index (χ4v) is 3.71. The number of aromatic nitrogens is 2. The molecule has 0 spiro atoms. The summed E-state index contributed by atoms with van der Waals surface area (Å²) in [5.74, 6) is 0. The molecular formula is C24H16N2S2. The van der Waals surface area contributed by atoms with Crippen molar-refractivity contribution in [3.05, 3.63) is 85.2 Å². The molecule has 5 aromatic rings. The summed E-state index contributed by atoms with van der Waals surface area (Å²) in [6, 6.07) is 24.8. The van der Waals surface area contributed by atoms with Gasteiger partial charge in [0, 0.05) is 44.1 Å². The Morgan fingerprint density at radius 2 is 0.857 bits per heavy atom. The van der Waals surface area contributed by atoms with Crippen LogP contribution in [0.3, 0.4) is 0 Å². The Morgan fingerprint density at radius 1 is 0.464 bits per heavy atom. The van der Waals surface area contributed by atoms with E-state index in [-0.39, 0.29) is 0 Å². The van der Waals surface area contributed by atoms with E-state index >= 15 is 0 Å². The maximum atomic E-state index is 4.73. The molecule has 0 bridgehead atoms. The first-order chi connectivity index (χ1) is 13.7. The molecule has 0 radical (unpaired) electrons. The molecule has 0 N–H and O–H groups in total. The van der Waals surface area contributed by atoms with Gasteiger partial charge in [0.25, 0.3) is 0 Å². The summed E-state index contributed by atoms with van der Waals surface area (Å²) in [7, 11) is 0. The van der Waals surface area contributed by atoms with Gasteiger partial charge in [0.05, 0.1) is 11.0 Å². The third-order valence-electron chi connectivity index (χ3n) is 4.90. The smallest absolute Gasteiger partial charge is 0.0965 e. The van der Waals surface area contributed by atoms with Gasteiger partial charge >= 0.3 is 0 Å². The Kier molecular flexibility index (Phi) is 4.30. The SMILES string of the molecule is Sc1ccc(-c2cnc3c(ccc4cc(-c5ccc(S)cc5)cnc43)c2)cc1. The van der Waals surface area contributed by atoms with Crippen LogP contribution in [-0.2, 0) is 0 Å². The first-order valence-electron chi connectivity index (χ1n) is 8.95. The maximum absolute atomic E-state index is 4.73. The van der Waals surface area contributed by atoms with Crippen LogP contribution in [0, 0.1) is 0 Å². The van der Waals surface area contributed by atoms with Gasteiger partial charge in [-0.25, -0.2) is 0 Å². The van der Waals surface area contributed by atoms with Gasteiger partial charge in [-0.3, -0.25) is 9.97 Å². The molecule has 0 aliphatic heterocycles. The van der Waals surface area contributed by atoms with Gasteiger partial charge < -0.3 is 0 Å². The van der Waals surface area contributed by atoms with Crippen LogP contribution < -0.4 is 0 Å². The van der Waals surface area contributed by atoms with Crippen molar-refractivity contribution in [2.45, 2.75) is 9.79 Å². The fraction of sp³-hybridized carbons (Fsp3) is 0. The zero-order valence-corrected chi connectivity index (χ0v) is 16.7. The van der Waals surface area contributed by atoms with E-state index in [1.165, 1.54) is 0 Å². The Labute approximate surface area is 174 Å². The van der Waals surface area contributed by atoms with Crippen LogP contribution in [0.15, 0.2) is 95.0 Å². The van der Waals surface area contributed by atoms with Crippen LogP contribution in [0.25, 0.3) is 44.1 Å². The average Bonchev–Trinajstić information content (AvgIpc) is 2.74. The summed E-state index contributed by atoms with van der Waals surface area (Å²) in [6.45, 7) is 0.